The lowest BCUT2D eigenvalue weighted by molar-refractivity contribution is -0.137. The van der Waals surface area contributed by atoms with Gasteiger partial charge in [-0.15, -0.1) is 0 Å². The third-order valence-electron chi connectivity index (χ3n) is 3.39. The molecule has 0 radical (unpaired) electrons. The van der Waals surface area contributed by atoms with E-state index in [4.69, 9.17) is 4.74 Å². The molecule has 0 saturated heterocycles. The van der Waals surface area contributed by atoms with E-state index < -0.39 is 26.5 Å². The number of alkyl halides is 3. The number of rotatable bonds is 3. The lowest BCUT2D eigenvalue weighted by Crippen LogP contribution is -2.10. The first-order valence-corrected chi connectivity index (χ1v) is 8.10. The van der Waals surface area contributed by atoms with E-state index in [-0.39, 0.29) is 16.2 Å². The third-order valence-corrected chi connectivity index (χ3v) is 5.16. The Balaban J connectivity index is 2.76. The molecule has 8 heteroatoms. The van der Waals surface area contributed by atoms with Crippen LogP contribution in [0.1, 0.15) is 16.7 Å². The number of methoxy groups -OCH3 is 1. The van der Waals surface area contributed by atoms with Crippen molar-refractivity contribution in [3.05, 3.63) is 53.1 Å². The van der Waals surface area contributed by atoms with Gasteiger partial charge in [0.05, 0.1) is 28.0 Å². The highest BCUT2D eigenvalue weighted by atomic mass is 32.2. The predicted octanol–water partition coefficient (Wildman–Crippen LogP) is 3.73. The van der Waals surface area contributed by atoms with Crippen LogP contribution in [0.3, 0.4) is 0 Å². The Kier molecular flexibility index (Phi) is 4.58. The van der Waals surface area contributed by atoms with Gasteiger partial charge in [-0.1, -0.05) is 12.1 Å². The van der Waals surface area contributed by atoms with Crippen molar-refractivity contribution in [3.63, 3.8) is 0 Å². The molecule has 0 fully saturated rings. The highest BCUT2D eigenvalue weighted by Gasteiger charge is 2.33. The molecule has 0 N–H and O–H groups in total. The predicted molar refractivity (Wildman–Crippen MR) is 79.3 cm³/mol. The van der Waals surface area contributed by atoms with Gasteiger partial charge in [-0.05, 0) is 36.8 Å². The van der Waals surface area contributed by atoms with Crippen LogP contribution in [0.5, 0.6) is 5.75 Å². The lowest BCUT2D eigenvalue weighted by Gasteiger charge is -2.13. The molecule has 0 amide bonds. The number of hydrogen-bond donors (Lipinski definition) is 0. The standard InChI is InChI=1S/C16H12F3NO3S/c1-10-4-3-5-15(14(10)9-20)24(21,22)13-7-11(16(17,18)19)6-12(8-13)23-2/h3-8H,1-2H3. The van der Waals surface area contributed by atoms with Crippen molar-refractivity contribution in [1.82, 2.24) is 0 Å². The van der Waals surface area contributed by atoms with Crippen LogP contribution in [-0.4, -0.2) is 15.5 Å². The molecular formula is C16H12F3NO3S. The lowest BCUT2D eigenvalue weighted by atomic mass is 10.1. The van der Waals surface area contributed by atoms with Crippen LogP contribution in [0, 0.1) is 18.3 Å². The normalized spacial score (nSPS) is 11.8. The van der Waals surface area contributed by atoms with Crippen molar-refractivity contribution in [2.45, 2.75) is 22.9 Å². The third kappa shape index (κ3) is 3.21. The molecule has 0 atom stereocenters. The zero-order valence-corrected chi connectivity index (χ0v) is 13.5. The Morgan fingerprint density at radius 1 is 1.17 bits per heavy atom. The topological polar surface area (TPSA) is 67.2 Å². The molecule has 4 nitrogen and oxygen atoms in total. The molecule has 126 valence electrons. The Morgan fingerprint density at radius 3 is 2.38 bits per heavy atom. The maximum atomic E-state index is 13.0. The Hall–Kier alpha value is -2.53. The number of sulfone groups is 1. The van der Waals surface area contributed by atoms with E-state index in [1.54, 1.807) is 19.1 Å². The van der Waals surface area contributed by atoms with Gasteiger partial charge in [0.15, 0.2) is 0 Å². The molecule has 0 aromatic heterocycles. The number of aryl methyl sites for hydroxylation is 1. The summed E-state index contributed by atoms with van der Waals surface area (Å²) < 4.78 is 69.2. The molecule has 0 unspecified atom stereocenters. The van der Waals surface area contributed by atoms with Crippen LogP contribution in [0.4, 0.5) is 13.2 Å². The van der Waals surface area contributed by atoms with E-state index in [0.29, 0.717) is 17.7 Å². The van der Waals surface area contributed by atoms with Crippen LogP contribution in [0.2, 0.25) is 0 Å². The van der Waals surface area contributed by atoms with E-state index in [1.807, 2.05) is 0 Å². The highest BCUT2D eigenvalue weighted by molar-refractivity contribution is 7.91. The summed E-state index contributed by atoms with van der Waals surface area (Å²) in [6.07, 6.45) is -4.73. The maximum absolute atomic E-state index is 13.0. The van der Waals surface area contributed by atoms with Crippen molar-refractivity contribution >= 4 is 9.84 Å². The van der Waals surface area contributed by atoms with Crippen LogP contribution in [0.15, 0.2) is 46.2 Å². The smallest absolute Gasteiger partial charge is 0.416 e. The molecule has 0 bridgehead atoms. The summed E-state index contributed by atoms with van der Waals surface area (Å²) in [5, 5.41) is 9.17. The van der Waals surface area contributed by atoms with Crippen molar-refractivity contribution in [2.24, 2.45) is 0 Å². The average molecular weight is 355 g/mol. The zero-order valence-electron chi connectivity index (χ0n) is 12.7. The van der Waals surface area contributed by atoms with Gasteiger partial charge in [-0.2, -0.15) is 18.4 Å². The minimum Gasteiger partial charge on any atom is -0.497 e. The van der Waals surface area contributed by atoms with Crippen molar-refractivity contribution in [1.29, 1.82) is 5.26 Å². The zero-order chi connectivity index (χ0) is 18.1. The number of nitriles is 1. The summed E-state index contributed by atoms with van der Waals surface area (Å²) in [6, 6.07) is 8.17. The molecule has 0 aliphatic carbocycles. The fourth-order valence-corrected chi connectivity index (χ4v) is 3.68. The van der Waals surface area contributed by atoms with Crippen LogP contribution in [0.25, 0.3) is 0 Å². The largest absolute Gasteiger partial charge is 0.497 e. The molecule has 2 aromatic carbocycles. The second kappa shape index (κ2) is 6.17. The molecular weight excluding hydrogens is 343 g/mol. The number of nitrogens with zero attached hydrogens (tertiary/aromatic N) is 1. The Labute approximate surface area is 137 Å². The molecule has 0 heterocycles. The fourth-order valence-electron chi connectivity index (χ4n) is 2.14. The number of halogens is 3. The van der Waals surface area contributed by atoms with E-state index in [9.17, 15) is 26.9 Å². The minimum atomic E-state index is -4.73. The Bertz CT molecular complexity index is 929. The van der Waals surface area contributed by atoms with Crippen LogP contribution >= 0.6 is 0 Å². The minimum absolute atomic E-state index is 0.103. The summed E-state index contributed by atoms with van der Waals surface area (Å²) in [4.78, 5) is -0.928. The number of benzene rings is 2. The number of hydrogen-bond acceptors (Lipinski definition) is 4. The van der Waals surface area contributed by atoms with Crippen molar-refractivity contribution in [2.75, 3.05) is 7.11 Å². The van der Waals surface area contributed by atoms with E-state index in [1.165, 1.54) is 12.1 Å². The molecule has 0 saturated carbocycles. The SMILES string of the molecule is COc1cc(C(F)(F)F)cc(S(=O)(=O)c2cccc(C)c2C#N)c1. The fraction of sp³-hybridized carbons (Fsp3) is 0.188. The maximum Gasteiger partial charge on any atom is 0.416 e. The monoisotopic (exact) mass is 355 g/mol. The molecule has 2 rings (SSSR count). The Morgan fingerprint density at radius 2 is 1.83 bits per heavy atom. The summed E-state index contributed by atoms with van der Waals surface area (Å²) in [6.45, 7) is 1.55. The van der Waals surface area contributed by atoms with Gasteiger partial charge < -0.3 is 4.74 Å². The summed E-state index contributed by atoms with van der Waals surface area (Å²) in [7, 11) is -3.18. The quantitative estimate of drug-likeness (QED) is 0.841. The molecule has 2 aromatic rings. The highest BCUT2D eigenvalue weighted by Crippen LogP contribution is 2.36. The van der Waals surface area contributed by atoms with E-state index in [2.05, 4.69) is 0 Å². The first-order chi connectivity index (χ1) is 11.1. The van der Waals surface area contributed by atoms with E-state index >= 15 is 0 Å². The average Bonchev–Trinajstić information content (AvgIpc) is 2.53. The van der Waals surface area contributed by atoms with Crippen molar-refractivity contribution < 1.29 is 26.3 Å². The second-order valence-corrected chi connectivity index (χ2v) is 6.88. The van der Waals surface area contributed by atoms with Gasteiger partial charge in [-0.25, -0.2) is 8.42 Å². The van der Waals surface area contributed by atoms with Crippen LogP contribution < -0.4 is 4.74 Å². The molecule has 0 aliphatic heterocycles. The summed E-state index contributed by atoms with van der Waals surface area (Å²) in [5.41, 5.74) is -0.835. The molecule has 0 aliphatic rings. The van der Waals surface area contributed by atoms with E-state index in [0.717, 1.165) is 13.2 Å². The van der Waals surface area contributed by atoms with Gasteiger partial charge >= 0.3 is 6.18 Å². The van der Waals surface area contributed by atoms with Crippen molar-refractivity contribution in [3.8, 4) is 11.8 Å². The molecule has 0 spiro atoms. The second-order valence-electron chi connectivity index (χ2n) is 4.96. The summed E-state index contributed by atoms with van der Waals surface area (Å²) in [5.74, 6) is -0.241. The van der Waals surface area contributed by atoms with Gasteiger partial charge in [-0.3, -0.25) is 0 Å². The molecule has 24 heavy (non-hydrogen) atoms. The van der Waals surface area contributed by atoms with Gasteiger partial charge in [0.1, 0.15) is 11.8 Å². The van der Waals surface area contributed by atoms with Gasteiger partial charge in [0.25, 0.3) is 0 Å². The van der Waals surface area contributed by atoms with Gasteiger partial charge in [0.2, 0.25) is 9.84 Å². The number of ether oxygens (including phenoxy) is 1. The van der Waals surface area contributed by atoms with Gasteiger partial charge in [0, 0.05) is 0 Å². The van der Waals surface area contributed by atoms with Crippen LogP contribution in [-0.2, 0) is 16.0 Å². The summed E-state index contributed by atoms with van der Waals surface area (Å²) >= 11 is 0. The first-order valence-electron chi connectivity index (χ1n) is 6.62. The first kappa shape index (κ1) is 17.8.